The molecular weight excluding hydrogens is 408 g/mol. The topological polar surface area (TPSA) is 66.5 Å². The van der Waals surface area contributed by atoms with Crippen LogP contribution in [0.2, 0.25) is 5.02 Å². The van der Waals surface area contributed by atoms with Crippen molar-refractivity contribution in [3.63, 3.8) is 0 Å². The van der Waals surface area contributed by atoms with Crippen molar-refractivity contribution in [1.29, 1.82) is 0 Å². The van der Waals surface area contributed by atoms with E-state index in [-0.39, 0.29) is 11.9 Å². The first-order valence-corrected chi connectivity index (χ1v) is 11.4. The van der Waals surface area contributed by atoms with Gasteiger partial charge in [-0.2, -0.15) is 4.31 Å². The van der Waals surface area contributed by atoms with E-state index < -0.39 is 10.0 Å². The van der Waals surface area contributed by atoms with E-state index in [1.165, 1.54) is 10.4 Å². The zero-order valence-electron chi connectivity index (χ0n) is 16.6. The lowest BCUT2D eigenvalue weighted by molar-refractivity contribution is -0.117. The van der Waals surface area contributed by atoms with Gasteiger partial charge in [-0.15, -0.1) is 0 Å². The molecule has 3 rings (SSSR count). The summed E-state index contributed by atoms with van der Waals surface area (Å²) in [6.07, 6.45) is 4.37. The molecule has 7 heteroatoms. The monoisotopic (exact) mass is 432 g/mol. The highest BCUT2D eigenvalue weighted by molar-refractivity contribution is 7.89. The van der Waals surface area contributed by atoms with E-state index in [0.29, 0.717) is 35.8 Å². The highest BCUT2D eigenvalue weighted by atomic mass is 35.5. The van der Waals surface area contributed by atoms with E-state index in [9.17, 15) is 13.2 Å². The summed E-state index contributed by atoms with van der Waals surface area (Å²) in [7, 11) is -3.49. The Morgan fingerprint density at radius 3 is 2.38 bits per heavy atom. The molecule has 1 amide bonds. The summed E-state index contributed by atoms with van der Waals surface area (Å²) in [5.74, 6) is -0.193. The van der Waals surface area contributed by atoms with E-state index in [4.69, 9.17) is 11.6 Å². The van der Waals surface area contributed by atoms with Crippen LogP contribution in [-0.4, -0.2) is 37.8 Å². The third kappa shape index (κ3) is 5.47. The van der Waals surface area contributed by atoms with E-state index in [2.05, 4.69) is 5.32 Å². The van der Waals surface area contributed by atoms with Crippen LogP contribution in [0.5, 0.6) is 0 Å². The molecular formula is C22H25ClN2O3S. The molecule has 0 atom stereocenters. The van der Waals surface area contributed by atoms with Gasteiger partial charge in [0, 0.05) is 30.2 Å². The lowest BCUT2D eigenvalue weighted by Gasteiger charge is -2.31. The van der Waals surface area contributed by atoms with E-state index in [0.717, 1.165) is 16.7 Å². The maximum Gasteiger partial charge on any atom is 0.244 e. The molecule has 1 fully saturated rings. The molecule has 0 aromatic heterocycles. The largest absolute Gasteiger partial charge is 0.350 e. The molecule has 0 aliphatic carbocycles. The average Bonchev–Trinajstić information content (AvgIpc) is 2.70. The van der Waals surface area contributed by atoms with Gasteiger partial charge in [0.25, 0.3) is 0 Å². The van der Waals surface area contributed by atoms with Gasteiger partial charge < -0.3 is 5.32 Å². The summed E-state index contributed by atoms with van der Waals surface area (Å²) in [6, 6.07) is 12.5. The SMILES string of the molecule is Cc1ccc(S(=O)(=O)N2CCC(NC(=O)/C=C/c3ccc(C)c(Cl)c3)CC2)cc1. The smallest absolute Gasteiger partial charge is 0.244 e. The van der Waals surface area contributed by atoms with Gasteiger partial charge in [-0.05, 0) is 62.1 Å². The lowest BCUT2D eigenvalue weighted by Crippen LogP contribution is -2.46. The minimum absolute atomic E-state index is 0.0433. The summed E-state index contributed by atoms with van der Waals surface area (Å²) in [4.78, 5) is 12.5. The first-order chi connectivity index (χ1) is 13.8. The van der Waals surface area contributed by atoms with Crippen LogP contribution in [0.25, 0.3) is 6.08 Å². The molecule has 2 aromatic carbocycles. The fraction of sp³-hybridized carbons (Fsp3) is 0.318. The molecule has 0 unspecified atom stereocenters. The van der Waals surface area contributed by atoms with Crippen molar-refractivity contribution in [2.24, 2.45) is 0 Å². The summed E-state index contributed by atoms with van der Waals surface area (Å²) in [5, 5.41) is 3.62. The average molecular weight is 433 g/mol. The number of sulfonamides is 1. The van der Waals surface area contributed by atoms with Crippen LogP contribution in [0.1, 0.15) is 29.5 Å². The van der Waals surface area contributed by atoms with Crippen LogP contribution in [0, 0.1) is 13.8 Å². The molecule has 1 aliphatic rings. The number of aryl methyl sites for hydroxylation is 2. The molecule has 29 heavy (non-hydrogen) atoms. The zero-order chi connectivity index (χ0) is 21.0. The zero-order valence-corrected chi connectivity index (χ0v) is 18.1. The van der Waals surface area contributed by atoms with E-state index in [1.807, 2.05) is 32.0 Å². The summed E-state index contributed by atoms with van der Waals surface area (Å²) in [6.45, 7) is 4.62. The second-order valence-corrected chi connectivity index (χ2v) is 9.69. The number of carbonyl (C=O) groups excluding carboxylic acids is 1. The Balaban J connectivity index is 1.54. The van der Waals surface area contributed by atoms with Crippen LogP contribution in [0.3, 0.4) is 0 Å². The normalized spacial score (nSPS) is 16.2. The van der Waals surface area contributed by atoms with Gasteiger partial charge in [0.2, 0.25) is 15.9 Å². The second kappa shape index (κ2) is 9.11. The van der Waals surface area contributed by atoms with Gasteiger partial charge >= 0.3 is 0 Å². The molecule has 1 N–H and O–H groups in total. The third-order valence-electron chi connectivity index (χ3n) is 5.08. The maximum atomic E-state index is 12.8. The number of nitrogens with zero attached hydrogens (tertiary/aromatic N) is 1. The maximum absolute atomic E-state index is 12.8. The van der Waals surface area contributed by atoms with Gasteiger partial charge in [-0.3, -0.25) is 4.79 Å². The molecule has 0 spiro atoms. The summed E-state index contributed by atoms with van der Waals surface area (Å²) < 4.78 is 27.0. The molecule has 1 saturated heterocycles. The van der Waals surface area contributed by atoms with Gasteiger partial charge in [0.1, 0.15) is 0 Å². The summed E-state index contributed by atoms with van der Waals surface area (Å²) in [5.41, 5.74) is 2.86. The standard InChI is InChI=1S/C22H25ClN2O3S/c1-16-3-8-20(9-4-16)29(27,28)25-13-11-19(12-14-25)24-22(26)10-7-18-6-5-17(2)21(23)15-18/h3-10,15,19H,11-14H2,1-2H3,(H,24,26)/b10-7+. The fourth-order valence-electron chi connectivity index (χ4n) is 3.23. The molecule has 1 aliphatic heterocycles. The first-order valence-electron chi connectivity index (χ1n) is 9.57. The lowest BCUT2D eigenvalue weighted by atomic mass is 10.1. The number of benzene rings is 2. The summed E-state index contributed by atoms with van der Waals surface area (Å²) >= 11 is 6.10. The van der Waals surface area contributed by atoms with Crippen molar-refractivity contribution < 1.29 is 13.2 Å². The van der Waals surface area contributed by atoms with Crippen LogP contribution < -0.4 is 5.32 Å². The Kier molecular flexibility index (Phi) is 6.77. The first kappa shape index (κ1) is 21.6. The number of piperidine rings is 1. The quantitative estimate of drug-likeness (QED) is 0.727. The van der Waals surface area contributed by atoms with Gasteiger partial charge in [-0.25, -0.2) is 8.42 Å². The van der Waals surface area contributed by atoms with Crippen molar-refractivity contribution in [3.05, 3.63) is 70.3 Å². The van der Waals surface area contributed by atoms with E-state index in [1.54, 1.807) is 30.3 Å². The third-order valence-corrected chi connectivity index (χ3v) is 7.40. The molecule has 154 valence electrons. The Labute approximate surface area is 177 Å². The van der Waals surface area contributed by atoms with Crippen molar-refractivity contribution in [1.82, 2.24) is 9.62 Å². The van der Waals surface area contributed by atoms with Crippen molar-refractivity contribution in [2.45, 2.75) is 37.6 Å². The predicted molar refractivity (Wildman–Crippen MR) is 116 cm³/mol. The number of halogens is 1. The van der Waals surface area contributed by atoms with Gasteiger partial charge in [0.15, 0.2) is 0 Å². The highest BCUT2D eigenvalue weighted by Crippen LogP contribution is 2.21. The number of carbonyl (C=O) groups is 1. The van der Waals surface area contributed by atoms with Crippen molar-refractivity contribution in [2.75, 3.05) is 13.1 Å². The highest BCUT2D eigenvalue weighted by Gasteiger charge is 2.29. The van der Waals surface area contributed by atoms with Gasteiger partial charge in [-0.1, -0.05) is 41.4 Å². The van der Waals surface area contributed by atoms with Crippen LogP contribution in [-0.2, 0) is 14.8 Å². The van der Waals surface area contributed by atoms with E-state index >= 15 is 0 Å². The molecule has 5 nitrogen and oxygen atoms in total. The number of nitrogens with one attached hydrogen (secondary N) is 1. The Bertz CT molecular complexity index is 1010. The molecule has 2 aromatic rings. The van der Waals surface area contributed by atoms with Crippen LogP contribution >= 0.6 is 11.6 Å². The molecule has 0 saturated carbocycles. The molecule has 0 bridgehead atoms. The predicted octanol–water partition coefficient (Wildman–Crippen LogP) is 3.94. The number of rotatable bonds is 5. The fourth-order valence-corrected chi connectivity index (χ4v) is 4.89. The number of hydrogen-bond acceptors (Lipinski definition) is 3. The minimum atomic E-state index is -3.49. The Hall–Kier alpha value is -2.15. The minimum Gasteiger partial charge on any atom is -0.350 e. The van der Waals surface area contributed by atoms with Crippen LogP contribution in [0.15, 0.2) is 53.4 Å². The van der Waals surface area contributed by atoms with Crippen LogP contribution in [0.4, 0.5) is 0 Å². The molecule has 0 radical (unpaired) electrons. The second-order valence-electron chi connectivity index (χ2n) is 7.34. The Morgan fingerprint density at radius 1 is 1.10 bits per heavy atom. The van der Waals surface area contributed by atoms with Crippen molar-refractivity contribution in [3.8, 4) is 0 Å². The number of hydrogen-bond donors (Lipinski definition) is 1. The van der Waals surface area contributed by atoms with Gasteiger partial charge in [0.05, 0.1) is 4.90 Å². The van der Waals surface area contributed by atoms with Crippen molar-refractivity contribution >= 4 is 33.6 Å². The Morgan fingerprint density at radius 2 is 1.76 bits per heavy atom. The number of amides is 1. The molecule has 1 heterocycles.